The summed E-state index contributed by atoms with van der Waals surface area (Å²) in [5, 5.41) is 0. The minimum absolute atomic E-state index is 0.0959. The van der Waals surface area contributed by atoms with Gasteiger partial charge in [-0.3, -0.25) is 9.59 Å². The quantitative estimate of drug-likeness (QED) is 0.423. The number of esters is 2. The fourth-order valence-electron chi connectivity index (χ4n) is 3.71. The summed E-state index contributed by atoms with van der Waals surface area (Å²) in [5.74, 6) is -0.368. The third kappa shape index (κ3) is 2.78. The van der Waals surface area contributed by atoms with Gasteiger partial charge in [0.1, 0.15) is 12.2 Å². The van der Waals surface area contributed by atoms with Crippen LogP contribution in [-0.2, 0) is 23.8 Å². The summed E-state index contributed by atoms with van der Waals surface area (Å²) in [6.45, 7) is 7.38. The molecule has 2 aliphatic heterocycles. The third-order valence-corrected chi connectivity index (χ3v) is 5.37. The summed E-state index contributed by atoms with van der Waals surface area (Å²) in [7, 11) is 0. The highest BCUT2D eigenvalue weighted by Gasteiger charge is 2.54. The van der Waals surface area contributed by atoms with E-state index in [0.717, 1.165) is 18.4 Å². The summed E-state index contributed by atoms with van der Waals surface area (Å²) in [5.41, 5.74) is 0.776. The summed E-state index contributed by atoms with van der Waals surface area (Å²) in [6, 6.07) is 0. The number of carbonyl (C=O) groups excluding carboxylic acids is 2. The molecule has 122 valence electrons. The van der Waals surface area contributed by atoms with E-state index >= 15 is 0 Å². The van der Waals surface area contributed by atoms with E-state index in [1.807, 2.05) is 19.9 Å². The fraction of sp³-hybridized carbons (Fsp3) is 0.765. The molecule has 0 spiro atoms. The van der Waals surface area contributed by atoms with Gasteiger partial charge >= 0.3 is 11.9 Å². The van der Waals surface area contributed by atoms with Crippen LogP contribution >= 0.6 is 0 Å². The van der Waals surface area contributed by atoms with Gasteiger partial charge in [-0.15, -0.1) is 0 Å². The fourth-order valence-corrected chi connectivity index (χ4v) is 3.71. The van der Waals surface area contributed by atoms with E-state index in [1.165, 1.54) is 6.92 Å². The maximum absolute atomic E-state index is 11.9. The predicted octanol–water partition coefficient (Wildman–Crippen LogP) is 2.38. The molecule has 5 heteroatoms. The Morgan fingerprint density at radius 2 is 2.18 bits per heavy atom. The number of hydrogen-bond donors (Lipinski definition) is 0. The smallest absolute Gasteiger partial charge is 0.309 e. The zero-order chi connectivity index (χ0) is 16.1. The van der Waals surface area contributed by atoms with E-state index < -0.39 is 0 Å². The zero-order valence-corrected chi connectivity index (χ0v) is 13.6. The molecule has 5 nitrogen and oxygen atoms in total. The summed E-state index contributed by atoms with van der Waals surface area (Å²) in [6.07, 6.45) is 4.03. The summed E-state index contributed by atoms with van der Waals surface area (Å²) >= 11 is 0. The van der Waals surface area contributed by atoms with E-state index in [1.54, 1.807) is 0 Å². The molecule has 0 aromatic heterocycles. The van der Waals surface area contributed by atoms with Crippen molar-refractivity contribution in [2.75, 3.05) is 0 Å². The molecule has 6 atom stereocenters. The molecule has 2 heterocycles. The first-order valence-corrected chi connectivity index (χ1v) is 8.04. The van der Waals surface area contributed by atoms with Gasteiger partial charge in [0.25, 0.3) is 0 Å². The van der Waals surface area contributed by atoms with Crippen molar-refractivity contribution in [3.05, 3.63) is 11.6 Å². The molecule has 0 aromatic carbocycles. The largest absolute Gasteiger partial charge is 0.458 e. The van der Waals surface area contributed by atoms with Crippen LogP contribution in [0, 0.1) is 11.8 Å². The normalized spacial score (nSPS) is 44.3. The van der Waals surface area contributed by atoms with E-state index in [4.69, 9.17) is 14.2 Å². The van der Waals surface area contributed by atoms with Crippen LogP contribution in [0.25, 0.3) is 0 Å². The number of carbonyl (C=O) groups is 2. The van der Waals surface area contributed by atoms with Crippen molar-refractivity contribution >= 4 is 11.9 Å². The number of ether oxygens (including phenoxy) is 3. The molecule has 3 rings (SSSR count). The lowest BCUT2D eigenvalue weighted by atomic mass is 9.82. The minimum Gasteiger partial charge on any atom is -0.458 e. The first kappa shape index (κ1) is 15.5. The lowest BCUT2D eigenvalue weighted by molar-refractivity contribution is -0.145. The predicted molar refractivity (Wildman–Crippen MR) is 79.0 cm³/mol. The van der Waals surface area contributed by atoms with Gasteiger partial charge in [-0.25, -0.2) is 0 Å². The van der Waals surface area contributed by atoms with Crippen molar-refractivity contribution in [1.82, 2.24) is 0 Å². The van der Waals surface area contributed by atoms with Crippen LogP contribution in [-0.4, -0.2) is 35.9 Å². The van der Waals surface area contributed by atoms with Crippen molar-refractivity contribution in [2.45, 2.75) is 70.9 Å². The number of rotatable bonds is 1. The maximum Gasteiger partial charge on any atom is 0.309 e. The monoisotopic (exact) mass is 308 g/mol. The van der Waals surface area contributed by atoms with Crippen molar-refractivity contribution in [1.29, 1.82) is 0 Å². The SMILES string of the molecule is CC(=O)OC1CC2OC2(C)CCC2C(C=C1C)OC(=O)C2C. The average molecular weight is 308 g/mol. The van der Waals surface area contributed by atoms with Crippen LogP contribution in [0.2, 0.25) is 0 Å². The number of hydrogen-bond acceptors (Lipinski definition) is 5. The van der Waals surface area contributed by atoms with Gasteiger partial charge in [-0.2, -0.15) is 0 Å². The molecule has 6 unspecified atom stereocenters. The topological polar surface area (TPSA) is 65.1 Å². The second-order valence-corrected chi connectivity index (χ2v) is 7.06. The first-order valence-electron chi connectivity index (χ1n) is 8.04. The molecule has 0 aromatic rings. The second-order valence-electron chi connectivity index (χ2n) is 7.06. The van der Waals surface area contributed by atoms with Crippen LogP contribution in [0.15, 0.2) is 11.6 Å². The Kier molecular flexibility index (Phi) is 3.79. The number of fused-ring (bicyclic) bond motifs is 2. The summed E-state index contributed by atoms with van der Waals surface area (Å²) < 4.78 is 16.8. The Morgan fingerprint density at radius 3 is 2.86 bits per heavy atom. The molecule has 0 bridgehead atoms. The highest BCUT2D eigenvalue weighted by Crippen LogP contribution is 2.47. The lowest BCUT2D eigenvalue weighted by Crippen LogP contribution is -2.27. The zero-order valence-electron chi connectivity index (χ0n) is 13.6. The molecular formula is C17H24O5. The molecule has 2 fully saturated rings. The van der Waals surface area contributed by atoms with E-state index in [9.17, 15) is 9.59 Å². The first-order chi connectivity index (χ1) is 10.3. The Hall–Kier alpha value is -1.36. The minimum atomic E-state index is -0.308. The molecule has 1 aliphatic carbocycles. The van der Waals surface area contributed by atoms with Gasteiger partial charge in [-0.1, -0.05) is 6.92 Å². The standard InChI is InChI=1S/C17H24O5/c1-9-7-14-12(10(2)16(19)21-14)5-6-17(4)15(22-17)8-13(9)20-11(3)18/h7,10,12-15H,5-6,8H2,1-4H3. The van der Waals surface area contributed by atoms with Crippen LogP contribution in [0.4, 0.5) is 0 Å². The Labute approximate surface area is 131 Å². The maximum atomic E-state index is 11.9. The van der Waals surface area contributed by atoms with E-state index in [-0.39, 0.29) is 47.7 Å². The van der Waals surface area contributed by atoms with Crippen molar-refractivity contribution in [2.24, 2.45) is 11.8 Å². The highest BCUT2D eigenvalue weighted by molar-refractivity contribution is 5.75. The lowest BCUT2D eigenvalue weighted by Gasteiger charge is -2.23. The van der Waals surface area contributed by atoms with Crippen LogP contribution in [0.1, 0.15) is 47.0 Å². The van der Waals surface area contributed by atoms with E-state index in [2.05, 4.69) is 6.92 Å². The van der Waals surface area contributed by atoms with Crippen LogP contribution < -0.4 is 0 Å². The molecule has 0 N–H and O–H groups in total. The highest BCUT2D eigenvalue weighted by atomic mass is 16.6. The Bertz CT molecular complexity index is 525. The molecule has 0 radical (unpaired) electrons. The Morgan fingerprint density at radius 1 is 1.45 bits per heavy atom. The molecule has 0 saturated carbocycles. The van der Waals surface area contributed by atoms with Crippen LogP contribution in [0.5, 0.6) is 0 Å². The van der Waals surface area contributed by atoms with Gasteiger partial charge in [0, 0.05) is 19.3 Å². The molecular weight excluding hydrogens is 284 g/mol. The molecule has 0 amide bonds. The van der Waals surface area contributed by atoms with E-state index in [0.29, 0.717) is 6.42 Å². The van der Waals surface area contributed by atoms with Crippen LogP contribution in [0.3, 0.4) is 0 Å². The van der Waals surface area contributed by atoms with Gasteiger partial charge < -0.3 is 14.2 Å². The van der Waals surface area contributed by atoms with Gasteiger partial charge in [0.05, 0.1) is 17.6 Å². The third-order valence-electron chi connectivity index (χ3n) is 5.37. The molecule has 3 aliphatic rings. The molecule has 22 heavy (non-hydrogen) atoms. The second kappa shape index (κ2) is 5.37. The average Bonchev–Trinajstić information content (AvgIpc) is 2.98. The van der Waals surface area contributed by atoms with Gasteiger partial charge in [0.15, 0.2) is 0 Å². The van der Waals surface area contributed by atoms with Gasteiger partial charge in [-0.05, 0) is 38.3 Å². The Balaban J connectivity index is 1.88. The van der Waals surface area contributed by atoms with Gasteiger partial charge in [0.2, 0.25) is 0 Å². The number of epoxide rings is 1. The molecule has 2 saturated heterocycles. The van der Waals surface area contributed by atoms with Crippen molar-refractivity contribution in [3.63, 3.8) is 0 Å². The van der Waals surface area contributed by atoms with Crippen molar-refractivity contribution < 1.29 is 23.8 Å². The summed E-state index contributed by atoms with van der Waals surface area (Å²) in [4.78, 5) is 23.3. The van der Waals surface area contributed by atoms with Crippen molar-refractivity contribution in [3.8, 4) is 0 Å².